The molecule has 6 heteroatoms. The van der Waals surface area contributed by atoms with E-state index in [9.17, 15) is 5.11 Å². The summed E-state index contributed by atoms with van der Waals surface area (Å²) < 4.78 is 7.51. The molecule has 0 aliphatic rings. The monoisotopic (exact) mass is 346 g/mol. The van der Waals surface area contributed by atoms with Gasteiger partial charge in [0, 0.05) is 16.8 Å². The highest BCUT2D eigenvalue weighted by molar-refractivity contribution is 5.52. The van der Waals surface area contributed by atoms with Crippen molar-refractivity contribution in [1.82, 2.24) is 20.0 Å². The van der Waals surface area contributed by atoms with E-state index in [1.54, 1.807) is 0 Å². The number of para-hydroxylation sites is 1. The molecular formula is C20H18N4O2. The third-order valence-electron chi connectivity index (χ3n) is 4.32. The molecular weight excluding hydrogens is 328 g/mol. The van der Waals surface area contributed by atoms with E-state index >= 15 is 0 Å². The molecule has 130 valence electrons. The molecule has 0 saturated heterocycles. The smallest absolute Gasteiger partial charge is 0.250 e. The summed E-state index contributed by atoms with van der Waals surface area (Å²) in [6.45, 7) is 3.78. The average Bonchev–Trinajstić information content (AvgIpc) is 3.28. The summed E-state index contributed by atoms with van der Waals surface area (Å²) in [5, 5.41) is 23.5. The zero-order valence-electron chi connectivity index (χ0n) is 14.5. The molecule has 6 nitrogen and oxygen atoms in total. The Balaban J connectivity index is 1.70. The van der Waals surface area contributed by atoms with Crippen molar-refractivity contribution in [2.75, 3.05) is 0 Å². The summed E-state index contributed by atoms with van der Waals surface area (Å²) in [4.78, 5) is 0. The fourth-order valence-electron chi connectivity index (χ4n) is 3.04. The minimum Gasteiger partial charge on any atom is -0.417 e. The highest BCUT2D eigenvalue weighted by atomic mass is 16.4. The Labute approximate surface area is 150 Å². The first-order chi connectivity index (χ1) is 12.6. The van der Waals surface area contributed by atoms with Crippen LogP contribution in [0.3, 0.4) is 0 Å². The SMILES string of the molecule is Cc1nn(-c2ccccc2)c(C)c1[C@H](O)c1nnc(-c2ccccc2)o1. The van der Waals surface area contributed by atoms with Gasteiger partial charge in [0.25, 0.3) is 0 Å². The first-order valence-electron chi connectivity index (χ1n) is 8.33. The number of aliphatic hydroxyl groups excluding tert-OH is 1. The number of benzene rings is 2. The molecule has 0 amide bonds. The van der Waals surface area contributed by atoms with Gasteiger partial charge in [-0.2, -0.15) is 5.10 Å². The molecule has 1 N–H and O–H groups in total. The van der Waals surface area contributed by atoms with Crippen LogP contribution in [0, 0.1) is 13.8 Å². The van der Waals surface area contributed by atoms with Gasteiger partial charge in [0.2, 0.25) is 11.8 Å². The van der Waals surface area contributed by atoms with Crippen LogP contribution in [-0.4, -0.2) is 25.1 Å². The maximum atomic E-state index is 10.8. The van der Waals surface area contributed by atoms with E-state index in [4.69, 9.17) is 4.42 Å². The van der Waals surface area contributed by atoms with Gasteiger partial charge in [-0.25, -0.2) is 4.68 Å². The molecule has 0 spiro atoms. The topological polar surface area (TPSA) is 77.0 Å². The van der Waals surface area contributed by atoms with Crippen molar-refractivity contribution in [3.63, 3.8) is 0 Å². The zero-order chi connectivity index (χ0) is 18.1. The molecule has 0 aliphatic heterocycles. The summed E-state index contributed by atoms with van der Waals surface area (Å²) in [7, 11) is 0. The first-order valence-corrected chi connectivity index (χ1v) is 8.33. The fourth-order valence-corrected chi connectivity index (χ4v) is 3.04. The molecule has 4 aromatic rings. The predicted octanol–water partition coefficient (Wildman–Crippen LogP) is 3.62. The lowest BCUT2D eigenvalue weighted by Gasteiger charge is -2.08. The van der Waals surface area contributed by atoms with Gasteiger partial charge in [-0.05, 0) is 38.1 Å². The van der Waals surface area contributed by atoms with E-state index in [1.807, 2.05) is 79.2 Å². The van der Waals surface area contributed by atoms with Crippen molar-refractivity contribution in [3.05, 3.63) is 83.5 Å². The molecule has 2 aromatic heterocycles. The fraction of sp³-hybridized carbons (Fsp3) is 0.150. The van der Waals surface area contributed by atoms with Crippen molar-refractivity contribution in [1.29, 1.82) is 0 Å². The van der Waals surface area contributed by atoms with E-state index in [2.05, 4.69) is 15.3 Å². The lowest BCUT2D eigenvalue weighted by molar-refractivity contribution is 0.182. The normalized spacial score (nSPS) is 12.3. The Morgan fingerprint density at radius 3 is 2.27 bits per heavy atom. The molecule has 0 bridgehead atoms. The number of nitrogens with zero attached hydrogens (tertiary/aromatic N) is 4. The molecule has 1 atom stereocenters. The quantitative estimate of drug-likeness (QED) is 0.611. The lowest BCUT2D eigenvalue weighted by atomic mass is 10.1. The van der Waals surface area contributed by atoms with E-state index in [0.29, 0.717) is 11.5 Å². The van der Waals surface area contributed by atoms with Gasteiger partial charge in [0.15, 0.2) is 6.10 Å². The van der Waals surface area contributed by atoms with Crippen molar-refractivity contribution >= 4 is 0 Å². The molecule has 0 aliphatic carbocycles. The second-order valence-corrected chi connectivity index (χ2v) is 6.05. The molecule has 26 heavy (non-hydrogen) atoms. The van der Waals surface area contributed by atoms with Crippen LogP contribution in [0.5, 0.6) is 0 Å². The largest absolute Gasteiger partial charge is 0.417 e. The Kier molecular flexibility index (Phi) is 4.10. The molecule has 2 aromatic carbocycles. The second-order valence-electron chi connectivity index (χ2n) is 6.05. The molecule has 2 heterocycles. The Morgan fingerprint density at radius 1 is 0.923 bits per heavy atom. The van der Waals surface area contributed by atoms with Crippen LogP contribution in [0.15, 0.2) is 65.1 Å². The van der Waals surface area contributed by atoms with E-state index in [1.165, 1.54) is 0 Å². The van der Waals surface area contributed by atoms with E-state index in [-0.39, 0.29) is 5.89 Å². The Bertz CT molecular complexity index is 1020. The third kappa shape index (κ3) is 2.80. The number of hydrogen-bond donors (Lipinski definition) is 1. The van der Waals surface area contributed by atoms with Crippen LogP contribution in [0.4, 0.5) is 0 Å². The van der Waals surface area contributed by atoms with Crippen LogP contribution in [0.25, 0.3) is 17.1 Å². The van der Waals surface area contributed by atoms with Crippen LogP contribution >= 0.6 is 0 Å². The highest BCUT2D eigenvalue weighted by Gasteiger charge is 2.26. The number of rotatable bonds is 4. The molecule has 0 unspecified atom stereocenters. The van der Waals surface area contributed by atoms with Crippen LogP contribution in [0.1, 0.15) is 28.9 Å². The van der Waals surface area contributed by atoms with Gasteiger partial charge >= 0.3 is 0 Å². The first kappa shape index (κ1) is 16.2. The molecule has 4 rings (SSSR count). The summed E-state index contributed by atoms with van der Waals surface area (Å²) >= 11 is 0. The lowest BCUT2D eigenvalue weighted by Crippen LogP contribution is -2.04. The Hall–Kier alpha value is -3.25. The third-order valence-corrected chi connectivity index (χ3v) is 4.32. The van der Waals surface area contributed by atoms with Crippen molar-refractivity contribution in [2.24, 2.45) is 0 Å². The molecule has 0 fully saturated rings. The van der Waals surface area contributed by atoms with Gasteiger partial charge in [-0.3, -0.25) is 0 Å². The van der Waals surface area contributed by atoms with Crippen molar-refractivity contribution < 1.29 is 9.52 Å². The average molecular weight is 346 g/mol. The summed E-state index contributed by atoms with van der Waals surface area (Å²) in [5.41, 5.74) is 3.98. The van der Waals surface area contributed by atoms with Gasteiger partial charge < -0.3 is 9.52 Å². The minimum absolute atomic E-state index is 0.155. The predicted molar refractivity (Wildman–Crippen MR) is 96.8 cm³/mol. The maximum Gasteiger partial charge on any atom is 0.250 e. The number of aromatic nitrogens is 4. The van der Waals surface area contributed by atoms with Crippen molar-refractivity contribution in [3.8, 4) is 17.1 Å². The van der Waals surface area contributed by atoms with Gasteiger partial charge in [-0.15, -0.1) is 10.2 Å². The second kappa shape index (κ2) is 6.57. The van der Waals surface area contributed by atoms with Gasteiger partial charge in [0.1, 0.15) is 0 Å². The number of hydrogen-bond acceptors (Lipinski definition) is 5. The van der Waals surface area contributed by atoms with E-state index < -0.39 is 6.10 Å². The highest BCUT2D eigenvalue weighted by Crippen LogP contribution is 2.30. The molecule has 0 radical (unpaired) electrons. The van der Waals surface area contributed by atoms with Gasteiger partial charge in [0.05, 0.1) is 11.4 Å². The van der Waals surface area contributed by atoms with Crippen LogP contribution < -0.4 is 0 Å². The summed E-state index contributed by atoms with van der Waals surface area (Å²) in [6, 6.07) is 19.3. The van der Waals surface area contributed by atoms with Crippen LogP contribution in [-0.2, 0) is 0 Å². The number of aryl methyl sites for hydroxylation is 1. The van der Waals surface area contributed by atoms with Crippen molar-refractivity contribution in [2.45, 2.75) is 20.0 Å². The summed E-state index contributed by atoms with van der Waals surface area (Å²) in [6.07, 6.45) is -1.03. The molecule has 0 saturated carbocycles. The van der Waals surface area contributed by atoms with Gasteiger partial charge in [-0.1, -0.05) is 36.4 Å². The Morgan fingerprint density at radius 2 is 1.58 bits per heavy atom. The van der Waals surface area contributed by atoms with E-state index in [0.717, 1.165) is 22.6 Å². The zero-order valence-corrected chi connectivity index (χ0v) is 14.5. The number of aliphatic hydroxyl groups is 1. The standard InChI is InChI=1S/C20H18N4O2/c1-13-17(14(2)24(23-13)16-11-7-4-8-12-16)18(25)20-22-21-19(26-20)15-9-5-3-6-10-15/h3-12,18,25H,1-2H3/t18-/m0/s1. The van der Waals surface area contributed by atoms with Crippen LogP contribution in [0.2, 0.25) is 0 Å². The summed E-state index contributed by atoms with van der Waals surface area (Å²) in [5.74, 6) is 0.535. The maximum absolute atomic E-state index is 10.8. The minimum atomic E-state index is -1.03.